The van der Waals surface area contributed by atoms with Crippen LogP contribution in [0.2, 0.25) is 0 Å². The van der Waals surface area contributed by atoms with Gasteiger partial charge in [0.15, 0.2) is 0 Å². The van der Waals surface area contributed by atoms with Crippen LogP contribution in [0, 0.1) is 12.7 Å². The Hall–Kier alpha value is -2.24. The van der Waals surface area contributed by atoms with E-state index < -0.39 is 0 Å². The molecule has 1 amide bonds. The molecule has 17 heavy (non-hydrogen) atoms. The van der Waals surface area contributed by atoms with Gasteiger partial charge in [-0.1, -0.05) is 12.1 Å². The number of nitrogens with zero attached hydrogens (tertiary/aromatic N) is 2. The normalized spacial score (nSPS) is 10.2. The van der Waals surface area contributed by atoms with Crippen LogP contribution in [0.1, 0.15) is 21.7 Å². The summed E-state index contributed by atoms with van der Waals surface area (Å²) in [5.74, 6) is -0.516. The smallest absolute Gasteiger partial charge is 0.288 e. The van der Waals surface area contributed by atoms with Gasteiger partial charge in [-0.15, -0.1) is 0 Å². The Bertz CT molecular complexity index is 524. The highest BCUT2D eigenvalue weighted by molar-refractivity contribution is 5.90. The van der Waals surface area contributed by atoms with Crippen LogP contribution in [0.25, 0.3) is 0 Å². The summed E-state index contributed by atoms with van der Waals surface area (Å²) in [6.07, 6.45) is 1.25. The number of benzene rings is 1. The van der Waals surface area contributed by atoms with E-state index in [0.717, 1.165) is 0 Å². The van der Waals surface area contributed by atoms with Crippen molar-refractivity contribution in [3.63, 3.8) is 0 Å². The van der Waals surface area contributed by atoms with E-state index in [1.54, 1.807) is 19.1 Å². The Morgan fingerprint density at radius 3 is 3.00 bits per heavy atom. The van der Waals surface area contributed by atoms with Gasteiger partial charge in [-0.2, -0.15) is 5.10 Å². The number of aromatic nitrogens is 3. The fourth-order valence-electron chi connectivity index (χ4n) is 1.33. The average molecular weight is 234 g/mol. The second-order valence-corrected chi connectivity index (χ2v) is 3.60. The maximum atomic E-state index is 13.2. The summed E-state index contributed by atoms with van der Waals surface area (Å²) in [7, 11) is 0. The second kappa shape index (κ2) is 4.73. The summed E-state index contributed by atoms with van der Waals surface area (Å²) in [5, 5.41) is 8.62. The SMILES string of the molecule is Cc1ccc(CNC(=O)c2ncn[nH]2)cc1F. The fourth-order valence-corrected chi connectivity index (χ4v) is 1.33. The number of carbonyl (C=O) groups excluding carboxylic acids is 1. The van der Waals surface area contributed by atoms with Gasteiger partial charge in [0.25, 0.3) is 5.91 Å². The fraction of sp³-hybridized carbons (Fsp3) is 0.182. The van der Waals surface area contributed by atoms with Gasteiger partial charge >= 0.3 is 0 Å². The molecule has 0 bridgehead atoms. The van der Waals surface area contributed by atoms with Crippen molar-refractivity contribution >= 4 is 5.91 Å². The van der Waals surface area contributed by atoms with Crippen molar-refractivity contribution in [3.8, 4) is 0 Å². The molecule has 1 heterocycles. The van der Waals surface area contributed by atoms with Crippen LogP contribution in [0.3, 0.4) is 0 Å². The van der Waals surface area contributed by atoms with Crippen LogP contribution >= 0.6 is 0 Å². The van der Waals surface area contributed by atoms with E-state index in [0.29, 0.717) is 11.1 Å². The largest absolute Gasteiger partial charge is 0.345 e. The standard InChI is InChI=1S/C11H11FN4O/c1-7-2-3-8(4-9(7)12)5-13-11(17)10-14-6-15-16-10/h2-4,6H,5H2,1H3,(H,13,17)(H,14,15,16). The van der Waals surface area contributed by atoms with Gasteiger partial charge in [-0.3, -0.25) is 9.89 Å². The molecule has 0 aliphatic rings. The van der Waals surface area contributed by atoms with Crippen molar-refractivity contribution in [3.05, 3.63) is 47.3 Å². The first-order chi connectivity index (χ1) is 8.16. The monoisotopic (exact) mass is 234 g/mol. The highest BCUT2D eigenvalue weighted by Crippen LogP contribution is 2.08. The Balaban J connectivity index is 1.98. The van der Waals surface area contributed by atoms with Crippen molar-refractivity contribution in [1.29, 1.82) is 0 Å². The van der Waals surface area contributed by atoms with Gasteiger partial charge < -0.3 is 5.32 Å². The number of aryl methyl sites for hydroxylation is 1. The van der Waals surface area contributed by atoms with Crippen LogP contribution in [-0.4, -0.2) is 21.1 Å². The first kappa shape index (κ1) is 11.3. The third-order valence-corrected chi connectivity index (χ3v) is 2.32. The Labute approximate surface area is 97.1 Å². The van der Waals surface area contributed by atoms with Crippen molar-refractivity contribution in [2.75, 3.05) is 0 Å². The molecule has 1 aromatic carbocycles. The first-order valence-electron chi connectivity index (χ1n) is 5.05. The summed E-state index contributed by atoms with van der Waals surface area (Å²) in [5.41, 5.74) is 1.27. The number of rotatable bonds is 3. The highest BCUT2D eigenvalue weighted by Gasteiger charge is 2.08. The van der Waals surface area contributed by atoms with E-state index >= 15 is 0 Å². The van der Waals surface area contributed by atoms with Crippen LogP contribution in [0.5, 0.6) is 0 Å². The molecule has 0 unspecified atom stereocenters. The highest BCUT2D eigenvalue weighted by atomic mass is 19.1. The lowest BCUT2D eigenvalue weighted by Crippen LogP contribution is -2.24. The van der Waals surface area contributed by atoms with E-state index in [-0.39, 0.29) is 24.1 Å². The average Bonchev–Trinajstić information content (AvgIpc) is 2.84. The van der Waals surface area contributed by atoms with Gasteiger partial charge in [0, 0.05) is 6.54 Å². The number of aromatic amines is 1. The minimum Gasteiger partial charge on any atom is -0.345 e. The lowest BCUT2D eigenvalue weighted by Gasteiger charge is -2.04. The number of hydrogen-bond acceptors (Lipinski definition) is 3. The van der Waals surface area contributed by atoms with Gasteiger partial charge in [-0.25, -0.2) is 9.37 Å². The van der Waals surface area contributed by atoms with Gasteiger partial charge in [0.2, 0.25) is 5.82 Å². The van der Waals surface area contributed by atoms with Gasteiger partial charge in [0.05, 0.1) is 0 Å². The quantitative estimate of drug-likeness (QED) is 0.837. The zero-order valence-corrected chi connectivity index (χ0v) is 9.20. The number of amides is 1. The lowest BCUT2D eigenvalue weighted by molar-refractivity contribution is 0.0941. The number of carbonyl (C=O) groups is 1. The number of H-pyrrole nitrogens is 1. The Morgan fingerprint density at radius 1 is 1.53 bits per heavy atom. The van der Waals surface area contributed by atoms with E-state index in [2.05, 4.69) is 20.5 Å². The Morgan fingerprint density at radius 2 is 2.35 bits per heavy atom. The molecule has 0 saturated carbocycles. The maximum Gasteiger partial charge on any atom is 0.288 e. The van der Waals surface area contributed by atoms with Gasteiger partial charge in [-0.05, 0) is 24.1 Å². The van der Waals surface area contributed by atoms with Crippen molar-refractivity contribution in [1.82, 2.24) is 20.5 Å². The molecule has 6 heteroatoms. The maximum absolute atomic E-state index is 13.2. The predicted octanol–water partition coefficient (Wildman–Crippen LogP) is 1.18. The number of nitrogens with one attached hydrogen (secondary N) is 2. The van der Waals surface area contributed by atoms with Gasteiger partial charge in [0.1, 0.15) is 12.1 Å². The van der Waals surface area contributed by atoms with Crippen molar-refractivity contribution in [2.24, 2.45) is 0 Å². The van der Waals surface area contributed by atoms with E-state index in [1.165, 1.54) is 12.4 Å². The molecule has 0 radical (unpaired) electrons. The summed E-state index contributed by atoms with van der Waals surface area (Å²) in [6, 6.07) is 4.83. The third kappa shape index (κ3) is 2.66. The zero-order valence-electron chi connectivity index (χ0n) is 9.20. The van der Waals surface area contributed by atoms with Crippen LogP contribution < -0.4 is 5.32 Å². The van der Waals surface area contributed by atoms with Crippen molar-refractivity contribution < 1.29 is 9.18 Å². The summed E-state index contributed by atoms with van der Waals surface area (Å²) < 4.78 is 13.2. The molecule has 2 N–H and O–H groups in total. The molecule has 0 fully saturated rings. The number of halogens is 1. The molecule has 2 aromatic rings. The van der Waals surface area contributed by atoms with Crippen molar-refractivity contribution in [2.45, 2.75) is 13.5 Å². The van der Waals surface area contributed by atoms with Crippen LogP contribution in [0.4, 0.5) is 4.39 Å². The molecule has 5 nitrogen and oxygen atoms in total. The Kier molecular flexibility index (Phi) is 3.13. The second-order valence-electron chi connectivity index (χ2n) is 3.60. The molecule has 0 atom stereocenters. The molecule has 88 valence electrons. The minimum absolute atomic E-state index is 0.137. The molecule has 0 spiro atoms. The summed E-state index contributed by atoms with van der Waals surface area (Å²) >= 11 is 0. The zero-order chi connectivity index (χ0) is 12.3. The van der Waals surface area contributed by atoms with Crippen LogP contribution in [-0.2, 0) is 6.54 Å². The molecular formula is C11H11FN4O. The summed E-state index contributed by atoms with van der Waals surface area (Å²) in [4.78, 5) is 15.2. The molecule has 0 aliphatic carbocycles. The molecule has 2 rings (SSSR count). The number of hydrogen-bond donors (Lipinski definition) is 2. The van der Waals surface area contributed by atoms with E-state index in [4.69, 9.17) is 0 Å². The van der Waals surface area contributed by atoms with Crippen LogP contribution in [0.15, 0.2) is 24.5 Å². The predicted molar refractivity (Wildman–Crippen MR) is 58.7 cm³/mol. The van der Waals surface area contributed by atoms with E-state index in [1.807, 2.05) is 0 Å². The van der Waals surface area contributed by atoms with E-state index in [9.17, 15) is 9.18 Å². The molecular weight excluding hydrogens is 223 g/mol. The third-order valence-electron chi connectivity index (χ3n) is 2.32. The first-order valence-corrected chi connectivity index (χ1v) is 5.05. The molecule has 1 aromatic heterocycles. The molecule has 0 aliphatic heterocycles. The minimum atomic E-state index is -0.372. The topological polar surface area (TPSA) is 70.7 Å². The lowest BCUT2D eigenvalue weighted by atomic mass is 10.1. The molecule has 0 saturated heterocycles. The summed E-state index contributed by atoms with van der Waals surface area (Å²) in [6.45, 7) is 1.93.